The molecule has 0 aromatic carbocycles. The Morgan fingerprint density at radius 2 is 2.00 bits per heavy atom. The normalized spacial score (nSPS) is 9.62. The van der Waals surface area contributed by atoms with Crippen molar-refractivity contribution in [2.45, 2.75) is 0 Å². The molecule has 0 amide bonds. The Labute approximate surface area is 89.0 Å². The van der Waals surface area contributed by atoms with Crippen LogP contribution < -0.4 is 0 Å². The van der Waals surface area contributed by atoms with Crippen LogP contribution in [-0.4, -0.2) is 67.6 Å². The van der Waals surface area contributed by atoms with Crippen molar-refractivity contribution >= 4 is 59.0 Å². The number of hydrogen-bond donors (Lipinski definition) is 1. The summed E-state index contributed by atoms with van der Waals surface area (Å²) in [6.45, 7) is 3.11. The summed E-state index contributed by atoms with van der Waals surface area (Å²) < 4.78 is 27.3. The fourth-order valence-corrected chi connectivity index (χ4v) is 0.447. The summed E-state index contributed by atoms with van der Waals surface area (Å²) in [5.74, 6) is -0.368. The van der Waals surface area contributed by atoms with Crippen molar-refractivity contribution in [3.63, 3.8) is 0 Å². The van der Waals surface area contributed by atoms with E-state index in [0.717, 1.165) is 6.08 Å². The molecule has 0 radical (unpaired) electrons. The van der Waals surface area contributed by atoms with E-state index in [2.05, 4.69) is 6.58 Å². The van der Waals surface area contributed by atoms with E-state index in [1.165, 1.54) is 0 Å². The fraction of sp³-hybridized carbons (Fsp3) is 0.333. The first kappa shape index (κ1) is 12.0. The Morgan fingerprint density at radius 1 is 1.62 bits per heavy atom. The van der Waals surface area contributed by atoms with E-state index in [4.69, 9.17) is 4.55 Å². The van der Waals surface area contributed by atoms with Crippen LogP contribution in [0.2, 0.25) is 0 Å². The van der Waals surface area contributed by atoms with E-state index in [9.17, 15) is 8.42 Å². The molecule has 0 heterocycles. The summed E-state index contributed by atoms with van der Waals surface area (Å²) >= 11 is 0. The van der Waals surface area contributed by atoms with Crippen molar-refractivity contribution in [3.8, 4) is 0 Å². The first-order valence-corrected chi connectivity index (χ1v) is 3.23. The van der Waals surface area contributed by atoms with Gasteiger partial charge in [0, 0.05) is 0 Å². The standard InChI is InChI=1S/C3H6O3S.Ba.2H/c1-2-3-7(4,5)6;;;/h2H,1,3H2,(H,4,5,6);;;. The summed E-state index contributed by atoms with van der Waals surface area (Å²) in [6, 6.07) is 0. The van der Waals surface area contributed by atoms with Gasteiger partial charge in [-0.1, -0.05) is 6.08 Å². The maximum atomic E-state index is 9.72. The van der Waals surface area contributed by atoms with Gasteiger partial charge in [0.05, 0.1) is 5.75 Å². The third-order valence-corrected chi connectivity index (χ3v) is 0.985. The number of hydrogen-bond acceptors (Lipinski definition) is 2. The summed E-state index contributed by atoms with van der Waals surface area (Å²) in [5, 5.41) is 0. The molecule has 0 atom stereocenters. The second kappa shape index (κ2) is 5.04. The van der Waals surface area contributed by atoms with E-state index < -0.39 is 10.1 Å². The predicted molar refractivity (Wildman–Crippen MR) is 35.2 cm³/mol. The molecular weight excluding hydrogens is 253 g/mol. The minimum atomic E-state index is -3.79. The van der Waals surface area contributed by atoms with Crippen LogP contribution >= 0.6 is 0 Å². The van der Waals surface area contributed by atoms with E-state index in [-0.39, 0.29) is 54.6 Å². The molecule has 0 aromatic rings. The SMILES string of the molecule is C=CCS(=O)(=O)O.[BaH2]. The van der Waals surface area contributed by atoms with Crippen molar-refractivity contribution < 1.29 is 13.0 Å². The average molecular weight is 261 g/mol. The summed E-state index contributed by atoms with van der Waals surface area (Å²) in [6.07, 6.45) is 1.12. The van der Waals surface area contributed by atoms with Crippen LogP contribution in [0, 0.1) is 0 Å². The molecule has 0 aromatic heterocycles. The molecule has 8 heavy (non-hydrogen) atoms. The van der Waals surface area contributed by atoms with Crippen LogP contribution in [-0.2, 0) is 10.1 Å². The topological polar surface area (TPSA) is 54.4 Å². The summed E-state index contributed by atoms with van der Waals surface area (Å²) in [7, 11) is -3.79. The molecule has 0 unspecified atom stereocenters. The Hall–Kier alpha value is 1.22. The molecule has 0 aliphatic carbocycles. The third-order valence-electron chi connectivity index (χ3n) is 0.328. The zero-order valence-electron chi connectivity index (χ0n) is 3.66. The molecule has 3 nitrogen and oxygen atoms in total. The van der Waals surface area contributed by atoms with Gasteiger partial charge in [-0.05, 0) is 0 Å². The summed E-state index contributed by atoms with van der Waals surface area (Å²) in [5.41, 5.74) is 0. The second-order valence-electron chi connectivity index (χ2n) is 1.04. The molecule has 0 saturated carbocycles. The zero-order valence-corrected chi connectivity index (χ0v) is 4.48. The van der Waals surface area contributed by atoms with Crippen molar-refractivity contribution in [1.29, 1.82) is 0 Å². The number of rotatable bonds is 2. The van der Waals surface area contributed by atoms with Gasteiger partial charge in [0.2, 0.25) is 0 Å². The summed E-state index contributed by atoms with van der Waals surface area (Å²) in [4.78, 5) is 0. The molecule has 5 heteroatoms. The van der Waals surface area contributed by atoms with E-state index in [1.54, 1.807) is 0 Å². The first-order chi connectivity index (χ1) is 3.06. The van der Waals surface area contributed by atoms with E-state index in [0.29, 0.717) is 0 Å². The fourth-order valence-electron chi connectivity index (χ4n) is 0.149. The average Bonchev–Trinajstić information content (AvgIpc) is 1.30. The van der Waals surface area contributed by atoms with Crippen molar-refractivity contribution in [1.82, 2.24) is 0 Å². The quantitative estimate of drug-likeness (QED) is 0.400. The Kier molecular flexibility index (Phi) is 7.53. The van der Waals surface area contributed by atoms with Gasteiger partial charge < -0.3 is 0 Å². The van der Waals surface area contributed by atoms with Gasteiger partial charge in [0.15, 0.2) is 0 Å². The Morgan fingerprint density at radius 3 is 2.00 bits per heavy atom. The van der Waals surface area contributed by atoms with Gasteiger partial charge in [-0.3, -0.25) is 4.55 Å². The molecule has 0 spiro atoms. The second-order valence-corrected chi connectivity index (χ2v) is 2.53. The molecule has 0 rings (SSSR count). The molecule has 46 valence electrons. The Bertz CT molecular complexity index is 148. The maximum absolute atomic E-state index is 9.72. The Balaban J connectivity index is 0. The predicted octanol–water partition coefficient (Wildman–Crippen LogP) is -0.856. The zero-order chi connectivity index (χ0) is 5.91. The molecular formula is C3H8BaO3S. The van der Waals surface area contributed by atoms with Crippen LogP contribution in [0.5, 0.6) is 0 Å². The van der Waals surface area contributed by atoms with Gasteiger partial charge >= 0.3 is 48.9 Å². The van der Waals surface area contributed by atoms with E-state index in [1.807, 2.05) is 0 Å². The van der Waals surface area contributed by atoms with Gasteiger partial charge in [-0.15, -0.1) is 6.58 Å². The molecule has 0 saturated heterocycles. The molecule has 0 bridgehead atoms. The molecule has 0 aliphatic rings. The van der Waals surface area contributed by atoms with Crippen LogP contribution in [0.1, 0.15) is 0 Å². The monoisotopic (exact) mass is 262 g/mol. The van der Waals surface area contributed by atoms with Crippen LogP contribution in [0.15, 0.2) is 12.7 Å². The van der Waals surface area contributed by atoms with Gasteiger partial charge in [0.1, 0.15) is 0 Å². The van der Waals surface area contributed by atoms with Gasteiger partial charge in [0.25, 0.3) is 10.1 Å². The van der Waals surface area contributed by atoms with Crippen LogP contribution in [0.3, 0.4) is 0 Å². The first-order valence-electron chi connectivity index (χ1n) is 1.62. The van der Waals surface area contributed by atoms with Gasteiger partial charge in [-0.2, -0.15) is 8.42 Å². The van der Waals surface area contributed by atoms with Crippen molar-refractivity contribution in [2.24, 2.45) is 0 Å². The molecule has 0 fully saturated rings. The minimum absolute atomic E-state index is 0. The van der Waals surface area contributed by atoms with Crippen LogP contribution in [0.4, 0.5) is 0 Å². The van der Waals surface area contributed by atoms with Crippen molar-refractivity contribution in [3.05, 3.63) is 12.7 Å². The van der Waals surface area contributed by atoms with Gasteiger partial charge in [-0.25, -0.2) is 0 Å². The third kappa shape index (κ3) is 10.3. The molecule has 1 N–H and O–H groups in total. The molecule has 0 aliphatic heterocycles. The van der Waals surface area contributed by atoms with E-state index >= 15 is 0 Å². The van der Waals surface area contributed by atoms with Crippen molar-refractivity contribution in [2.75, 3.05) is 5.75 Å². The van der Waals surface area contributed by atoms with Crippen LogP contribution in [0.25, 0.3) is 0 Å².